The van der Waals surface area contributed by atoms with Crippen LogP contribution < -0.4 is 5.32 Å². The minimum absolute atomic E-state index is 0.271. The smallest absolute Gasteiger partial charge is 0.134 e. The van der Waals surface area contributed by atoms with Gasteiger partial charge in [-0.05, 0) is 34.1 Å². The number of hydrogen-bond acceptors (Lipinski definition) is 3. The van der Waals surface area contributed by atoms with Gasteiger partial charge in [0.05, 0.1) is 12.8 Å². The van der Waals surface area contributed by atoms with Gasteiger partial charge in [0, 0.05) is 21.4 Å². The Morgan fingerprint density at radius 3 is 2.95 bits per heavy atom. The molecular weight excluding hydrogens is 311 g/mol. The number of rotatable bonds is 3. The lowest BCUT2D eigenvalue weighted by Crippen LogP contribution is -2.01. The maximum absolute atomic E-state index is 13.8. The molecule has 0 amide bonds. The summed E-state index contributed by atoms with van der Waals surface area (Å²) in [6, 6.07) is 8.63. The summed E-state index contributed by atoms with van der Waals surface area (Å²) in [6.07, 6.45) is 3.21. The molecule has 3 aromatic rings. The molecule has 0 unspecified atom stereocenters. The second kappa shape index (κ2) is 5.01. The van der Waals surface area contributed by atoms with E-state index in [1.807, 2.05) is 18.2 Å². The Labute approximate surface area is 117 Å². The number of anilines is 1. The fourth-order valence-electron chi connectivity index (χ4n) is 1.94. The Kier molecular flexibility index (Phi) is 3.21. The standard InChI is InChI=1S/C14H10BrFN2O/c15-11-8-18-14(17-7-9-3-2-6-19-9)10-4-1-5-12(16)13(10)11/h1-6,8H,7H2,(H,17,18). The van der Waals surface area contributed by atoms with Crippen LogP contribution in [0.2, 0.25) is 0 Å². The van der Waals surface area contributed by atoms with E-state index in [2.05, 4.69) is 26.2 Å². The third-order valence-electron chi connectivity index (χ3n) is 2.82. The van der Waals surface area contributed by atoms with E-state index in [0.717, 1.165) is 11.1 Å². The van der Waals surface area contributed by atoms with Gasteiger partial charge in [-0.2, -0.15) is 0 Å². The van der Waals surface area contributed by atoms with Crippen LogP contribution in [0.4, 0.5) is 10.2 Å². The van der Waals surface area contributed by atoms with Gasteiger partial charge in [0.25, 0.3) is 0 Å². The average molecular weight is 321 g/mol. The van der Waals surface area contributed by atoms with Crippen molar-refractivity contribution in [3.8, 4) is 0 Å². The summed E-state index contributed by atoms with van der Waals surface area (Å²) in [6.45, 7) is 0.507. The van der Waals surface area contributed by atoms with Gasteiger partial charge < -0.3 is 9.73 Å². The van der Waals surface area contributed by atoms with Crippen LogP contribution in [0, 0.1) is 5.82 Å². The van der Waals surface area contributed by atoms with Crippen LogP contribution in [0.25, 0.3) is 10.8 Å². The van der Waals surface area contributed by atoms with E-state index in [1.54, 1.807) is 18.5 Å². The number of benzene rings is 1. The first-order valence-electron chi connectivity index (χ1n) is 5.74. The predicted octanol–water partition coefficient (Wildman–Crippen LogP) is 4.34. The molecule has 3 rings (SSSR count). The molecule has 1 N–H and O–H groups in total. The van der Waals surface area contributed by atoms with E-state index < -0.39 is 0 Å². The van der Waals surface area contributed by atoms with Crippen LogP contribution in [0.15, 0.2) is 51.7 Å². The van der Waals surface area contributed by atoms with Crippen LogP contribution in [0.3, 0.4) is 0 Å². The molecule has 0 spiro atoms. The van der Waals surface area contributed by atoms with Gasteiger partial charge >= 0.3 is 0 Å². The van der Waals surface area contributed by atoms with Crippen molar-refractivity contribution in [1.82, 2.24) is 4.98 Å². The van der Waals surface area contributed by atoms with Gasteiger partial charge in [-0.1, -0.05) is 12.1 Å². The highest BCUT2D eigenvalue weighted by Crippen LogP contribution is 2.30. The van der Waals surface area contributed by atoms with Crippen molar-refractivity contribution in [2.45, 2.75) is 6.54 Å². The third kappa shape index (κ3) is 2.33. The maximum atomic E-state index is 13.8. The van der Waals surface area contributed by atoms with E-state index in [-0.39, 0.29) is 5.82 Å². The monoisotopic (exact) mass is 320 g/mol. The van der Waals surface area contributed by atoms with E-state index in [0.29, 0.717) is 22.2 Å². The molecule has 0 bridgehead atoms. The minimum atomic E-state index is -0.271. The lowest BCUT2D eigenvalue weighted by atomic mass is 10.1. The van der Waals surface area contributed by atoms with Crippen molar-refractivity contribution in [2.24, 2.45) is 0 Å². The number of hydrogen-bond donors (Lipinski definition) is 1. The molecule has 0 saturated heterocycles. The van der Waals surface area contributed by atoms with Crippen LogP contribution in [-0.4, -0.2) is 4.98 Å². The second-order valence-corrected chi connectivity index (χ2v) is 4.90. The number of aromatic nitrogens is 1. The quantitative estimate of drug-likeness (QED) is 0.780. The van der Waals surface area contributed by atoms with E-state index in [1.165, 1.54) is 6.07 Å². The first-order chi connectivity index (χ1) is 9.25. The summed E-state index contributed by atoms with van der Waals surface area (Å²) >= 11 is 3.32. The molecule has 19 heavy (non-hydrogen) atoms. The SMILES string of the molecule is Fc1cccc2c(NCc3ccco3)ncc(Br)c12. The summed E-state index contributed by atoms with van der Waals surface area (Å²) in [5, 5.41) is 4.42. The van der Waals surface area contributed by atoms with E-state index in [4.69, 9.17) is 4.42 Å². The van der Waals surface area contributed by atoms with Crippen molar-refractivity contribution in [1.29, 1.82) is 0 Å². The van der Waals surface area contributed by atoms with Crippen molar-refractivity contribution in [3.63, 3.8) is 0 Å². The van der Waals surface area contributed by atoms with Crippen molar-refractivity contribution < 1.29 is 8.81 Å². The highest BCUT2D eigenvalue weighted by Gasteiger charge is 2.10. The molecule has 5 heteroatoms. The average Bonchev–Trinajstić information content (AvgIpc) is 2.91. The number of halogens is 2. The molecule has 0 saturated carbocycles. The molecule has 0 aliphatic heterocycles. The van der Waals surface area contributed by atoms with Gasteiger partial charge in [0.15, 0.2) is 0 Å². The van der Waals surface area contributed by atoms with Gasteiger partial charge in [-0.3, -0.25) is 0 Å². The summed E-state index contributed by atoms with van der Waals surface area (Å²) in [5.41, 5.74) is 0. The fraction of sp³-hybridized carbons (Fsp3) is 0.0714. The van der Waals surface area contributed by atoms with Gasteiger partial charge in [0.1, 0.15) is 17.4 Å². The lowest BCUT2D eigenvalue weighted by molar-refractivity contribution is 0.518. The molecule has 2 aromatic heterocycles. The molecule has 3 nitrogen and oxygen atoms in total. The lowest BCUT2D eigenvalue weighted by Gasteiger charge is -2.09. The molecule has 0 aliphatic rings. The second-order valence-electron chi connectivity index (χ2n) is 4.05. The third-order valence-corrected chi connectivity index (χ3v) is 3.43. The zero-order chi connectivity index (χ0) is 13.2. The van der Waals surface area contributed by atoms with Crippen molar-refractivity contribution in [3.05, 3.63) is 58.8 Å². The first-order valence-corrected chi connectivity index (χ1v) is 6.54. The van der Waals surface area contributed by atoms with E-state index in [9.17, 15) is 4.39 Å². The molecule has 1 aromatic carbocycles. The molecule has 0 radical (unpaired) electrons. The minimum Gasteiger partial charge on any atom is -0.467 e. The molecule has 96 valence electrons. The van der Waals surface area contributed by atoms with Crippen LogP contribution in [0.5, 0.6) is 0 Å². The van der Waals surface area contributed by atoms with Crippen molar-refractivity contribution in [2.75, 3.05) is 5.32 Å². The Bertz CT molecular complexity index is 705. The molecular formula is C14H10BrFN2O. The topological polar surface area (TPSA) is 38.1 Å². The highest BCUT2D eigenvalue weighted by molar-refractivity contribution is 9.10. The summed E-state index contributed by atoms with van der Waals surface area (Å²) in [4.78, 5) is 4.28. The zero-order valence-electron chi connectivity index (χ0n) is 9.86. The van der Waals surface area contributed by atoms with Crippen LogP contribution >= 0.6 is 15.9 Å². The summed E-state index contributed by atoms with van der Waals surface area (Å²) in [5.74, 6) is 1.16. The zero-order valence-corrected chi connectivity index (χ0v) is 11.4. The summed E-state index contributed by atoms with van der Waals surface area (Å²) in [7, 11) is 0. The Balaban J connectivity index is 2.00. The predicted molar refractivity (Wildman–Crippen MR) is 75.4 cm³/mol. The first kappa shape index (κ1) is 12.2. The number of pyridine rings is 1. The van der Waals surface area contributed by atoms with Gasteiger partial charge in [-0.25, -0.2) is 9.37 Å². The molecule has 2 heterocycles. The van der Waals surface area contributed by atoms with Crippen LogP contribution in [0.1, 0.15) is 5.76 Å². The number of nitrogens with zero attached hydrogens (tertiary/aromatic N) is 1. The van der Waals surface area contributed by atoms with Crippen LogP contribution in [-0.2, 0) is 6.54 Å². The number of nitrogens with one attached hydrogen (secondary N) is 1. The molecule has 0 aliphatic carbocycles. The largest absolute Gasteiger partial charge is 0.467 e. The Morgan fingerprint density at radius 1 is 1.26 bits per heavy atom. The summed E-state index contributed by atoms with van der Waals surface area (Å²) < 4.78 is 19.7. The van der Waals surface area contributed by atoms with Crippen molar-refractivity contribution >= 4 is 32.5 Å². The van der Waals surface area contributed by atoms with Gasteiger partial charge in [-0.15, -0.1) is 0 Å². The Hall–Kier alpha value is -1.88. The maximum Gasteiger partial charge on any atom is 0.134 e. The fourth-order valence-corrected chi connectivity index (χ4v) is 2.45. The molecule has 0 fully saturated rings. The molecule has 0 atom stereocenters. The normalized spacial score (nSPS) is 10.8. The number of fused-ring (bicyclic) bond motifs is 1. The van der Waals surface area contributed by atoms with Gasteiger partial charge in [0.2, 0.25) is 0 Å². The highest BCUT2D eigenvalue weighted by atomic mass is 79.9. The van der Waals surface area contributed by atoms with E-state index >= 15 is 0 Å². The number of furan rings is 1. The Morgan fingerprint density at radius 2 is 2.16 bits per heavy atom.